The van der Waals surface area contributed by atoms with Gasteiger partial charge in [-0.2, -0.15) is 0 Å². The number of halogens is 1. The van der Waals surface area contributed by atoms with Gasteiger partial charge < -0.3 is 0 Å². The van der Waals surface area contributed by atoms with Crippen LogP contribution in [-0.4, -0.2) is 4.83 Å². The number of hydrogen-bond donors (Lipinski definition) is 0. The molecule has 1 heteroatoms. The van der Waals surface area contributed by atoms with Gasteiger partial charge >= 0.3 is 0 Å². The first-order valence-electron chi connectivity index (χ1n) is 3.86. The molecule has 0 amide bonds. The minimum Gasteiger partial charge on any atom is -0.107 e. The van der Waals surface area contributed by atoms with Crippen LogP contribution < -0.4 is 0 Å². The molecule has 1 rings (SSSR count). The van der Waals surface area contributed by atoms with E-state index in [2.05, 4.69) is 27.8 Å². The zero-order valence-electron chi connectivity index (χ0n) is 6.36. The summed E-state index contributed by atoms with van der Waals surface area (Å²) in [6.45, 7) is 1.92. The maximum atomic E-state index is 3.62. The van der Waals surface area contributed by atoms with E-state index < -0.39 is 0 Å². The predicted molar refractivity (Wildman–Crippen MR) is 48.1 cm³/mol. The summed E-state index contributed by atoms with van der Waals surface area (Å²) >= 11 is 3.62. The first-order valence-corrected chi connectivity index (χ1v) is 4.78. The van der Waals surface area contributed by atoms with Crippen molar-refractivity contribution in [3.63, 3.8) is 0 Å². The topological polar surface area (TPSA) is 0 Å². The van der Waals surface area contributed by atoms with Gasteiger partial charge in [-0.25, -0.2) is 0 Å². The van der Waals surface area contributed by atoms with Crippen LogP contribution in [0.2, 0.25) is 0 Å². The highest BCUT2D eigenvalue weighted by Gasteiger charge is 2.21. The lowest BCUT2D eigenvalue weighted by atomic mass is 10.1. The molecule has 1 fully saturated rings. The molecule has 2 unspecified atom stereocenters. The molecule has 10 heavy (non-hydrogen) atoms. The van der Waals surface area contributed by atoms with E-state index in [1.54, 1.807) is 0 Å². The highest BCUT2D eigenvalue weighted by atomic mass is 79.9. The van der Waals surface area contributed by atoms with E-state index in [9.17, 15) is 0 Å². The fourth-order valence-electron chi connectivity index (χ4n) is 1.45. The van der Waals surface area contributed by atoms with Gasteiger partial charge in [-0.05, 0) is 32.1 Å². The summed E-state index contributed by atoms with van der Waals surface area (Å²) in [5.74, 6) is 6.96. The van der Waals surface area contributed by atoms with Gasteiger partial charge in [-0.15, -0.1) is 11.8 Å². The molecular formula is C9H13Br. The van der Waals surface area contributed by atoms with E-state index in [1.807, 2.05) is 6.92 Å². The van der Waals surface area contributed by atoms with Crippen molar-refractivity contribution in [2.75, 3.05) is 0 Å². The Hall–Kier alpha value is 0.0400. The zero-order chi connectivity index (χ0) is 7.40. The van der Waals surface area contributed by atoms with Crippen molar-refractivity contribution < 1.29 is 0 Å². The van der Waals surface area contributed by atoms with Crippen molar-refractivity contribution in [3.05, 3.63) is 0 Å². The van der Waals surface area contributed by atoms with Crippen LogP contribution in [0.4, 0.5) is 0 Å². The number of alkyl halides is 1. The van der Waals surface area contributed by atoms with Crippen LogP contribution in [0.15, 0.2) is 0 Å². The SMILES string of the molecule is CC#CCC1CCC(Br)C1. The van der Waals surface area contributed by atoms with Crippen LogP contribution in [0, 0.1) is 17.8 Å². The third-order valence-electron chi connectivity index (χ3n) is 2.04. The van der Waals surface area contributed by atoms with E-state index in [1.165, 1.54) is 19.3 Å². The molecule has 0 bridgehead atoms. The highest BCUT2D eigenvalue weighted by Crippen LogP contribution is 2.32. The first-order chi connectivity index (χ1) is 4.83. The third kappa shape index (κ3) is 2.34. The molecule has 56 valence electrons. The monoisotopic (exact) mass is 200 g/mol. The van der Waals surface area contributed by atoms with E-state index in [4.69, 9.17) is 0 Å². The predicted octanol–water partition coefficient (Wildman–Crippen LogP) is 2.96. The molecule has 0 aliphatic heterocycles. The number of rotatable bonds is 1. The lowest BCUT2D eigenvalue weighted by Gasteiger charge is -2.01. The Kier molecular flexibility index (Phi) is 3.28. The minimum atomic E-state index is 0.774. The summed E-state index contributed by atoms with van der Waals surface area (Å²) in [5, 5.41) is 0. The second-order valence-corrected chi connectivity index (χ2v) is 4.20. The third-order valence-corrected chi connectivity index (χ3v) is 2.88. The molecule has 1 aliphatic carbocycles. The Morgan fingerprint density at radius 1 is 1.50 bits per heavy atom. The normalized spacial score (nSPS) is 31.4. The van der Waals surface area contributed by atoms with Gasteiger partial charge in [0.1, 0.15) is 0 Å². The second-order valence-electron chi connectivity index (χ2n) is 2.91. The van der Waals surface area contributed by atoms with Crippen LogP contribution in [0.3, 0.4) is 0 Å². The summed E-state index contributed by atoms with van der Waals surface area (Å²) in [7, 11) is 0. The highest BCUT2D eigenvalue weighted by molar-refractivity contribution is 9.09. The smallest absolute Gasteiger partial charge is 0.0148 e. The van der Waals surface area contributed by atoms with Crippen molar-refractivity contribution in [3.8, 4) is 11.8 Å². The van der Waals surface area contributed by atoms with Crippen molar-refractivity contribution in [2.45, 2.75) is 37.4 Å². The van der Waals surface area contributed by atoms with Gasteiger partial charge in [0, 0.05) is 11.2 Å². The summed E-state index contributed by atoms with van der Waals surface area (Å²) < 4.78 is 0. The van der Waals surface area contributed by atoms with Gasteiger partial charge in [0.2, 0.25) is 0 Å². The quantitative estimate of drug-likeness (QED) is 0.452. The van der Waals surface area contributed by atoms with Crippen LogP contribution in [0.5, 0.6) is 0 Å². The molecule has 0 saturated heterocycles. The van der Waals surface area contributed by atoms with Crippen LogP contribution in [-0.2, 0) is 0 Å². The molecule has 2 atom stereocenters. The van der Waals surface area contributed by atoms with Crippen LogP contribution in [0.1, 0.15) is 32.6 Å². The van der Waals surface area contributed by atoms with E-state index >= 15 is 0 Å². The van der Waals surface area contributed by atoms with Crippen molar-refractivity contribution in [2.24, 2.45) is 5.92 Å². The van der Waals surface area contributed by atoms with Gasteiger partial charge in [0.25, 0.3) is 0 Å². The zero-order valence-corrected chi connectivity index (χ0v) is 7.95. The molecule has 0 radical (unpaired) electrons. The Labute approximate surface area is 71.5 Å². The van der Waals surface area contributed by atoms with Gasteiger partial charge in [-0.1, -0.05) is 15.9 Å². The van der Waals surface area contributed by atoms with E-state index in [0.717, 1.165) is 17.2 Å². The maximum absolute atomic E-state index is 3.62. The summed E-state index contributed by atoms with van der Waals surface area (Å²) in [5.41, 5.74) is 0. The molecular weight excluding hydrogens is 188 g/mol. The molecule has 0 nitrogen and oxygen atoms in total. The Morgan fingerprint density at radius 3 is 2.80 bits per heavy atom. The molecule has 0 aromatic rings. The Morgan fingerprint density at radius 2 is 2.30 bits per heavy atom. The Balaban J connectivity index is 2.22. The lowest BCUT2D eigenvalue weighted by molar-refractivity contribution is 0.568. The fraction of sp³-hybridized carbons (Fsp3) is 0.778. The fourth-order valence-corrected chi connectivity index (χ4v) is 2.24. The van der Waals surface area contributed by atoms with E-state index in [-0.39, 0.29) is 0 Å². The van der Waals surface area contributed by atoms with Crippen molar-refractivity contribution >= 4 is 15.9 Å². The van der Waals surface area contributed by atoms with Crippen molar-refractivity contribution in [1.29, 1.82) is 0 Å². The second kappa shape index (κ2) is 4.03. The van der Waals surface area contributed by atoms with Crippen molar-refractivity contribution in [1.82, 2.24) is 0 Å². The molecule has 0 aromatic heterocycles. The average molecular weight is 201 g/mol. The summed E-state index contributed by atoms with van der Waals surface area (Å²) in [6, 6.07) is 0. The standard InChI is InChI=1S/C9H13Br/c1-2-3-4-8-5-6-9(10)7-8/h8-9H,4-7H2,1H3. The number of hydrogen-bond acceptors (Lipinski definition) is 0. The summed E-state index contributed by atoms with van der Waals surface area (Å²) in [4.78, 5) is 0.774. The molecule has 1 aliphatic rings. The van der Waals surface area contributed by atoms with E-state index in [0.29, 0.717) is 0 Å². The van der Waals surface area contributed by atoms with Gasteiger partial charge in [-0.3, -0.25) is 0 Å². The minimum absolute atomic E-state index is 0.774. The van der Waals surface area contributed by atoms with Crippen LogP contribution in [0.25, 0.3) is 0 Å². The maximum Gasteiger partial charge on any atom is 0.0148 e. The largest absolute Gasteiger partial charge is 0.107 e. The first kappa shape index (κ1) is 8.14. The lowest BCUT2D eigenvalue weighted by Crippen LogP contribution is -1.92. The molecule has 0 spiro atoms. The average Bonchev–Trinajstić information content (AvgIpc) is 2.31. The summed E-state index contributed by atoms with van der Waals surface area (Å²) in [6.07, 6.45) is 5.15. The van der Waals surface area contributed by atoms with Crippen LogP contribution >= 0.6 is 15.9 Å². The van der Waals surface area contributed by atoms with Gasteiger partial charge in [0.05, 0.1) is 0 Å². The molecule has 0 heterocycles. The van der Waals surface area contributed by atoms with Gasteiger partial charge in [0.15, 0.2) is 0 Å². The molecule has 1 saturated carbocycles. The molecule has 0 N–H and O–H groups in total. The Bertz CT molecular complexity index is 152. The molecule has 0 aromatic carbocycles.